The van der Waals surface area contributed by atoms with Crippen LogP contribution in [-0.2, 0) is 11.3 Å². The quantitative estimate of drug-likeness (QED) is 0.343. The Morgan fingerprint density at radius 1 is 1.32 bits per heavy atom. The van der Waals surface area contributed by atoms with Crippen molar-refractivity contribution in [3.63, 3.8) is 0 Å². The zero-order valence-corrected chi connectivity index (χ0v) is 19.8. The number of fused-ring (bicyclic) bond motifs is 2. The van der Waals surface area contributed by atoms with Crippen LogP contribution >= 0.6 is 35.6 Å². The third-order valence-corrected chi connectivity index (χ3v) is 5.90. The monoisotopic (exact) mass is 520 g/mol. The second-order valence-electron chi connectivity index (χ2n) is 7.70. The number of likely N-dealkylation sites (N-methyl/N-ethyl adjacent to an activating group) is 1. The molecule has 3 atom stereocenters. The van der Waals surface area contributed by atoms with Gasteiger partial charge in [0.25, 0.3) is 0 Å². The lowest BCUT2D eigenvalue weighted by molar-refractivity contribution is -0.127. The molecule has 6 nitrogen and oxygen atoms in total. The maximum atomic E-state index is 12.0. The maximum absolute atomic E-state index is 12.0. The molecule has 2 aliphatic carbocycles. The van der Waals surface area contributed by atoms with Crippen LogP contribution in [0.4, 0.5) is 0 Å². The summed E-state index contributed by atoms with van der Waals surface area (Å²) < 4.78 is 5.20. The summed E-state index contributed by atoms with van der Waals surface area (Å²) in [5, 5.41) is 7.32. The number of nitrogens with one attached hydrogen (secondary N) is 2. The number of hydrogen-bond acceptors (Lipinski definition) is 3. The fraction of sp³-hybridized carbons (Fsp3) is 0.600. The Morgan fingerprint density at radius 2 is 2.11 bits per heavy atom. The highest BCUT2D eigenvalue weighted by atomic mass is 127. The van der Waals surface area contributed by atoms with Gasteiger partial charge in [-0.15, -0.1) is 24.0 Å². The highest BCUT2D eigenvalue weighted by molar-refractivity contribution is 14.0. The maximum Gasteiger partial charge on any atom is 0.241 e. The van der Waals surface area contributed by atoms with Gasteiger partial charge in [-0.05, 0) is 48.8 Å². The molecule has 0 aliphatic heterocycles. The minimum Gasteiger partial charge on any atom is -0.495 e. The van der Waals surface area contributed by atoms with Crippen LogP contribution in [0.25, 0.3) is 0 Å². The van der Waals surface area contributed by atoms with Crippen LogP contribution in [0, 0.1) is 11.8 Å². The largest absolute Gasteiger partial charge is 0.495 e. The first-order chi connectivity index (χ1) is 13.0. The Labute approximate surface area is 189 Å². The lowest BCUT2D eigenvalue weighted by Crippen LogP contribution is -2.48. The van der Waals surface area contributed by atoms with Gasteiger partial charge >= 0.3 is 0 Å². The van der Waals surface area contributed by atoms with Gasteiger partial charge in [-0.3, -0.25) is 4.79 Å². The van der Waals surface area contributed by atoms with E-state index in [0.717, 1.165) is 17.4 Å². The summed E-state index contributed by atoms with van der Waals surface area (Å²) in [6.45, 7) is 0.707. The molecule has 0 saturated heterocycles. The third kappa shape index (κ3) is 5.89. The number of guanidine groups is 1. The molecule has 0 aromatic heterocycles. The summed E-state index contributed by atoms with van der Waals surface area (Å²) in [7, 11) is 5.11. The number of amides is 1. The number of carbonyl (C=O) groups is 1. The highest BCUT2D eigenvalue weighted by Crippen LogP contribution is 2.44. The molecule has 2 aliphatic rings. The van der Waals surface area contributed by atoms with Gasteiger partial charge in [-0.25, -0.2) is 4.99 Å². The summed E-state index contributed by atoms with van der Waals surface area (Å²) >= 11 is 6.21. The molecule has 0 heterocycles. The molecule has 1 aromatic carbocycles. The van der Waals surface area contributed by atoms with Gasteiger partial charge in [-0.2, -0.15) is 0 Å². The van der Waals surface area contributed by atoms with Crippen molar-refractivity contribution >= 4 is 47.4 Å². The van der Waals surface area contributed by atoms with Crippen molar-refractivity contribution in [2.75, 3.05) is 27.7 Å². The van der Waals surface area contributed by atoms with Gasteiger partial charge in [0.05, 0.1) is 25.2 Å². The zero-order chi connectivity index (χ0) is 19.4. The molecular formula is C20H30ClIN4O2. The van der Waals surface area contributed by atoms with Crippen LogP contribution in [0.1, 0.15) is 31.2 Å². The van der Waals surface area contributed by atoms with Crippen molar-refractivity contribution in [2.24, 2.45) is 16.8 Å². The molecule has 0 radical (unpaired) electrons. The fourth-order valence-corrected chi connectivity index (χ4v) is 4.33. The van der Waals surface area contributed by atoms with E-state index in [9.17, 15) is 4.79 Å². The normalized spacial score (nSPS) is 23.1. The number of aliphatic imine (C=N–C) groups is 1. The Bertz CT molecular complexity index is 713. The first-order valence-corrected chi connectivity index (χ1v) is 9.91. The Kier molecular flexibility index (Phi) is 8.67. The van der Waals surface area contributed by atoms with E-state index in [2.05, 4.69) is 10.6 Å². The third-order valence-electron chi connectivity index (χ3n) is 5.60. The first kappa shape index (κ1) is 23.1. The summed E-state index contributed by atoms with van der Waals surface area (Å²) in [6, 6.07) is 6.11. The van der Waals surface area contributed by atoms with E-state index in [1.54, 1.807) is 26.1 Å². The Hall–Kier alpha value is -1.22. The van der Waals surface area contributed by atoms with Crippen LogP contribution in [0.15, 0.2) is 23.2 Å². The summed E-state index contributed by atoms with van der Waals surface area (Å²) in [5.74, 6) is 2.93. The summed E-state index contributed by atoms with van der Waals surface area (Å²) in [5.41, 5.74) is 0.994. The van der Waals surface area contributed by atoms with E-state index >= 15 is 0 Å². The van der Waals surface area contributed by atoms with Gasteiger partial charge in [0.15, 0.2) is 5.96 Å². The lowest BCUT2D eigenvalue weighted by atomic mass is 9.95. The van der Waals surface area contributed by atoms with E-state index in [0.29, 0.717) is 29.3 Å². The molecule has 1 aromatic rings. The predicted octanol–water partition coefficient (Wildman–Crippen LogP) is 3.28. The standard InChI is InChI=1S/C20H29ClN4O2.HI/c1-25(2)19(26)12-23-20(24-17-10-13-4-6-15(17)8-13)22-11-14-5-7-18(27-3)16(21)9-14;/h5,7,9,13,15,17H,4,6,8,10-12H2,1-3H3,(H2,22,23,24);1H. The summed E-state index contributed by atoms with van der Waals surface area (Å²) in [6.07, 6.45) is 5.16. The van der Waals surface area contributed by atoms with Gasteiger partial charge in [0.2, 0.25) is 5.91 Å². The van der Waals surface area contributed by atoms with Crippen LogP contribution in [-0.4, -0.2) is 50.6 Å². The molecular weight excluding hydrogens is 491 g/mol. The van der Waals surface area contributed by atoms with Crippen molar-refractivity contribution in [3.8, 4) is 5.75 Å². The second-order valence-corrected chi connectivity index (χ2v) is 8.11. The number of carbonyl (C=O) groups excluding carboxylic acids is 1. The minimum atomic E-state index is 0. The zero-order valence-electron chi connectivity index (χ0n) is 16.7. The molecule has 3 rings (SSSR count). The van der Waals surface area contributed by atoms with Gasteiger partial charge in [0.1, 0.15) is 5.75 Å². The Morgan fingerprint density at radius 3 is 2.68 bits per heavy atom. The lowest BCUT2D eigenvalue weighted by Gasteiger charge is -2.25. The molecule has 2 bridgehead atoms. The van der Waals surface area contributed by atoms with E-state index in [4.69, 9.17) is 21.3 Å². The van der Waals surface area contributed by atoms with E-state index in [1.165, 1.54) is 25.7 Å². The minimum absolute atomic E-state index is 0. The molecule has 156 valence electrons. The number of rotatable bonds is 6. The van der Waals surface area contributed by atoms with Crippen molar-refractivity contribution < 1.29 is 9.53 Å². The second kappa shape index (κ2) is 10.5. The molecule has 0 spiro atoms. The van der Waals surface area contributed by atoms with Crippen molar-refractivity contribution in [2.45, 2.75) is 38.3 Å². The van der Waals surface area contributed by atoms with Crippen molar-refractivity contribution in [3.05, 3.63) is 28.8 Å². The molecule has 8 heteroatoms. The average molecular weight is 521 g/mol. The number of benzene rings is 1. The topological polar surface area (TPSA) is 66.0 Å². The van der Waals surface area contributed by atoms with Crippen LogP contribution in [0.5, 0.6) is 5.75 Å². The molecule has 2 fully saturated rings. The number of hydrogen-bond donors (Lipinski definition) is 2. The van der Waals surface area contributed by atoms with Crippen LogP contribution < -0.4 is 15.4 Å². The first-order valence-electron chi connectivity index (χ1n) is 9.53. The van der Waals surface area contributed by atoms with Crippen molar-refractivity contribution in [1.82, 2.24) is 15.5 Å². The molecule has 2 saturated carbocycles. The number of ether oxygens (including phenoxy) is 1. The van der Waals surface area contributed by atoms with E-state index in [-0.39, 0.29) is 36.4 Å². The van der Waals surface area contributed by atoms with Crippen LogP contribution in [0.2, 0.25) is 5.02 Å². The molecule has 1 amide bonds. The van der Waals surface area contributed by atoms with Gasteiger partial charge in [0, 0.05) is 20.1 Å². The molecule has 2 N–H and O–H groups in total. The van der Waals surface area contributed by atoms with Gasteiger partial charge < -0.3 is 20.3 Å². The number of methoxy groups -OCH3 is 1. The number of halogens is 2. The molecule has 3 unspecified atom stereocenters. The average Bonchev–Trinajstić information content (AvgIpc) is 3.26. The predicted molar refractivity (Wildman–Crippen MR) is 124 cm³/mol. The Balaban J connectivity index is 0.00000280. The summed E-state index contributed by atoms with van der Waals surface area (Å²) in [4.78, 5) is 18.2. The van der Waals surface area contributed by atoms with E-state index < -0.39 is 0 Å². The van der Waals surface area contributed by atoms with Crippen molar-refractivity contribution in [1.29, 1.82) is 0 Å². The smallest absolute Gasteiger partial charge is 0.241 e. The SMILES string of the molecule is COc1ccc(CN=C(NCC(=O)N(C)C)NC2CC3CCC2C3)cc1Cl.I. The van der Waals surface area contributed by atoms with Crippen LogP contribution in [0.3, 0.4) is 0 Å². The number of nitrogens with zero attached hydrogens (tertiary/aromatic N) is 2. The van der Waals surface area contributed by atoms with Gasteiger partial charge in [-0.1, -0.05) is 24.1 Å². The fourth-order valence-electron chi connectivity index (χ4n) is 4.05. The van der Waals surface area contributed by atoms with E-state index in [1.807, 2.05) is 18.2 Å². The highest BCUT2D eigenvalue weighted by Gasteiger charge is 2.39. The molecule has 28 heavy (non-hydrogen) atoms.